The van der Waals surface area contributed by atoms with Crippen molar-refractivity contribution in [1.82, 2.24) is 9.80 Å². The molecule has 0 N–H and O–H groups in total. The predicted octanol–water partition coefficient (Wildman–Crippen LogP) is 6.69. The molecule has 4 heteroatoms. The lowest BCUT2D eigenvalue weighted by atomic mass is 10.1. The fourth-order valence-electron chi connectivity index (χ4n) is 3.72. The topological polar surface area (TPSA) is 24.9 Å². The second kappa shape index (κ2) is 14.9. The molecule has 0 amide bonds. The van der Waals surface area contributed by atoms with Crippen molar-refractivity contribution in [3.63, 3.8) is 0 Å². The van der Waals surface area contributed by atoms with Crippen LogP contribution in [0, 0.1) is 0 Å². The van der Waals surface area contributed by atoms with Gasteiger partial charge in [0, 0.05) is 24.2 Å². The highest BCUT2D eigenvalue weighted by atomic mass is 16.5. The molecule has 0 bridgehead atoms. The number of benzene rings is 3. The molecule has 0 unspecified atom stereocenters. The van der Waals surface area contributed by atoms with Gasteiger partial charge in [0.2, 0.25) is 0 Å². The van der Waals surface area contributed by atoms with Gasteiger partial charge in [-0.3, -0.25) is 0 Å². The fraction of sp³-hybridized carbons (Fsp3) is 0.312. The van der Waals surface area contributed by atoms with E-state index in [0.29, 0.717) is 13.2 Å². The second-order valence-corrected chi connectivity index (χ2v) is 9.42. The van der Waals surface area contributed by atoms with Crippen molar-refractivity contribution in [2.24, 2.45) is 0 Å². The monoisotopic (exact) mass is 484 g/mol. The summed E-state index contributed by atoms with van der Waals surface area (Å²) in [6, 6.07) is 24.9. The van der Waals surface area contributed by atoms with E-state index in [9.17, 15) is 0 Å². The Labute approximate surface area is 217 Å². The van der Waals surface area contributed by atoms with Crippen molar-refractivity contribution >= 4 is 24.3 Å². The van der Waals surface area contributed by atoms with Gasteiger partial charge in [-0.1, -0.05) is 85.0 Å². The van der Waals surface area contributed by atoms with Crippen LogP contribution in [0.5, 0.6) is 11.5 Å². The summed E-state index contributed by atoms with van der Waals surface area (Å²) >= 11 is 0. The number of rotatable bonds is 14. The van der Waals surface area contributed by atoms with Gasteiger partial charge >= 0.3 is 0 Å². The summed E-state index contributed by atoms with van der Waals surface area (Å²) in [4.78, 5) is 4.35. The van der Waals surface area contributed by atoms with Crippen LogP contribution in [-0.4, -0.2) is 64.3 Å². The van der Waals surface area contributed by atoms with E-state index in [0.717, 1.165) is 59.7 Å². The molecule has 0 heterocycles. The molecule has 0 aromatic heterocycles. The lowest BCUT2D eigenvalue weighted by Gasteiger charge is -2.12. The van der Waals surface area contributed by atoms with Gasteiger partial charge in [0.05, 0.1) is 13.2 Å². The summed E-state index contributed by atoms with van der Waals surface area (Å²) < 4.78 is 12.0. The molecule has 3 aromatic rings. The van der Waals surface area contributed by atoms with Crippen LogP contribution in [0.1, 0.15) is 35.1 Å². The molecule has 0 saturated heterocycles. The maximum atomic E-state index is 6.02. The average Bonchev–Trinajstić information content (AvgIpc) is 2.88. The van der Waals surface area contributed by atoms with Crippen LogP contribution in [-0.2, 0) is 0 Å². The summed E-state index contributed by atoms with van der Waals surface area (Å²) in [6.07, 6.45) is 10.5. The number of para-hydroxylation sites is 2. The van der Waals surface area contributed by atoms with E-state index in [-0.39, 0.29) is 0 Å². The molecule has 0 radical (unpaired) electrons. The van der Waals surface area contributed by atoms with Crippen LogP contribution >= 0.6 is 0 Å². The summed E-state index contributed by atoms with van der Waals surface area (Å²) in [5, 5.41) is 0. The standard InChI is InChI=1S/C32H40N2O2/c1-33(2)23-9-25-35-31-13-7-5-11-29(31)21-19-27-15-17-28(18-16-27)20-22-30-12-6-8-14-32(30)36-26-10-24-34(3)4/h5-8,11-22H,9-10,23-26H2,1-4H3/b21-19+,22-20+. The normalized spacial score (nSPS) is 11.7. The van der Waals surface area contributed by atoms with Crippen molar-refractivity contribution in [1.29, 1.82) is 0 Å². The van der Waals surface area contributed by atoms with E-state index in [1.807, 2.05) is 36.4 Å². The van der Waals surface area contributed by atoms with Crippen molar-refractivity contribution in [2.75, 3.05) is 54.5 Å². The Morgan fingerprint density at radius 2 is 0.917 bits per heavy atom. The number of hydrogen-bond acceptors (Lipinski definition) is 4. The molecule has 36 heavy (non-hydrogen) atoms. The van der Waals surface area contributed by atoms with Crippen molar-refractivity contribution < 1.29 is 9.47 Å². The van der Waals surface area contributed by atoms with Gasteiger partial charge in [-0.2, -0.15) is 0 Å². The van der Waals surface area contributed by atoms with Crippen molar-refractivity contribution in [3.05, 3.63) is 95.1 Å². The second-order valence-electron chi connectivity index (χ2n) is 9.42. The third-order valence-electron chi connectivity index (χ3n) is 5.70. The molecular weight excluding hydrogens is 444 g/mol. The van der Waals surface area contributed by atoms with Crippen LogP contribution in [0.3, 0.4) is 0 Å². The van der Waals surface area contributed by atoms with Crippen molar-refractivity contribution in [2.45, 2.75) is 12.8 Å². The summed E-state index contributed by atoms with van der Waals surface area (Å²) in [7, 11) is 8.33. The van der Waals surface area contributed by atoms with Crippen LogP contribution in [0.2, 0.25) is 0 Å². The van der Waals surface area contributed by atoms with Gasteiger partial charge in [0.15, 0.2) is 0 Å². The third kappa shape index (κ3) is 9.73. The van der Waals surface area contributed by atoms with E-state index in [1.165, 1.54) is 0 Å². The maximum Gasteiger partial charge on any atom is 0.126 e. The fourth-order valence-corrected chi connectivity index (χ4v) is 3.72. The van der Waals surface area contributed by atoms with Gasteiger partial charge < -0.3 is 19.3 Å². The molecule has 190 valence electrons. The zero-order valence-electron chi connectivity index (χ0n) is 22.2. The number of hydrogen-bond donors (Lipinski definition) is 0. The SMILES string of the molecule is CN(C)CCCOc1ccccc1/C=C/c1ccc(/C=C/c2ccccc2OCCCN(C)C)cc1. The van der Waals surface area contributed by atoms with E-state index in [1.54, 1.807) is 0 Å². The van der Waals surface area contributed by atoms with E-state index in [4.69, 9.17) is 9.47 Å². The van der Waals surface area contributed by atoms with Gasteiger partial charge in [0.1, 0.15) is 11.5 Å². The molecule has 0 aliphatic carbocycles. The predicted molar refractivity (Wildman–Crippen MR) is 155 cm³/mol. The number of ether oxygens (including phenoxy) is 2. The van der Waals surface area contributed by atoms with Gasteiger partial charge in [0.25, 0.3) is 0 Å². The van der Waals surface area contributed by atoms with Crippen LogP contribution in [0.15, 0.2) is 72.8 Å². The highest BCUT2D eigenvalue weighted by molar-refractivity contribution is 5.75. The number of nitrogens with zero attached hydrogens (tertiary/aromatic N) is 2. The molecule has 3 aromatic carbocycles. The first-order valence-corrected chi connectivity index (χ1v) is 12.7. The molecule has 3 rings (SSSR count). The van der Waals surface area contributed by atoms with Crippen molar-refractivity contribution in [3.8, 4) is 11.5 Å². The minimum Gasteiger partial charge on any atom is -0.493 e. The first-order valence-electron chi connectivity index (χ1n) is 12.7. The molecule has 0 fully saturated rings. The molecule has 0 atom stereocenters. The first-order chi connectivity index (χ1) is 17.5. The highest BCUT2D eigenvalue weighted by Gasteiger charge is 2.02. The molecule has 0 spiro atoms. The molecular formula is C32H40N2O2. The molecule has 0 aliphatic heterocycles. The van der Waals surface area contributed by atoms with E-state index in [2.05, 4.69) is 98.7 Å². The Bertz CT molecular complexity index is 1010. The maximum absolute atomic E-state index is 6.02. The Hall–Kier alpha value is -3.34. The summed E-state index contributed by atoms with van der Waals surface area (Å²) in [5.41, 5.74) is 4.49. The Morgan fingerprint density at radius 3 is 1.31 bits per heavy atom. The van der Waals surface area contributed by atoms with Crippen LogP contribution in [0.25, 0.3) is 24.3 Å². The average molecular weight is 485 g/mol. The van der Waals surface area contributed by atoms with E-state index >= 15 is 0 Å². The minimum atomic E-state index is 0.717. The van der Waals surface area contributed by atoms with Crippen LogP contribution < -0.4 is 9.47 Å². The Balaban J connectivity index is 1.58. The minimum absolute atomic E-state index is 0.717. The van der Waals surface area contributed by atoms with E-state index < -0.39 is 0 Å². The quantitative estimate of drug-likeness (QED) is 0.188. The lowest BCUT2D eigenvalue weighted by molar-refractivity contribution is 0.281. The van der Waals surface area contributed by atoms with Gasteiger partial charge in [-0.15, -0.1) is 0 Å². The Morgan fingerprint density at radius 1 is 0.528 bits per heavy atom. The van der Waals surface area contributed by atoms with Gasteiger partial charge in [-0.25, -0.2) is 0 Å². The van der Waals surface area contributed by atoms with Crippen LogP contribution in [0.4, 0.5) is 0 Å². The smallest absolute Gasteiger partial charge is 0.126 e. The molecule has 0 saturated carbocycles. The van der Waals surface area contributed by atoms with Gasteiger partial charge in [-0.05, 0) is 64.3 Å². The Kier molecular flexibility index (Phi) is 11.3. The summed E-state index contributed by atoms with van der Waals surface area (Å²) in [5.74, 6) is 1.85. The largest absolute Gasteiger partial charge is 0.493 e. The molecule has 0 aliphatic rings. The zero-order chi connectivity index (χ0) is 25.6. The first kappa shape index (κ1) is 27.3. The summed E-state index contributed by atoms with van der Waals surface area (Å²) in [6.45, 7) is 3.48. The zero-order valence-corrected chi connectivity index (χ0v) is 22.2. The third-order valence-corrected chi connectivity index (χ3v) is 5.70. The highest BCUT2D eigenvalue weighted by Crippen LogP contribution is 2.23. The molecule has 4 nitrogen and oxygen atoms in total. The lowest BCUT2D eigenvalue weighted by Crippen LogP contribution is -2.15.